The van der Waals surface area contributed by atoms with E-state index in [1.807, 2.05) is 23.0 Å². The highest BCUT2D eigenvalue weighted by molar-refractivity contribution is 5.25. The van der Waals surface area contributed by atoms with E-state index in [4.69, 9.17) is 0 Å². The maximum Gasteiger partial charge on any atom is 0.0659 e. The second kappa shape index (κ2) is 4.60. The molecule has 0 amide bonds. The van der Waals surface area contributed by atoms with Crippen LogP contribution in [0, 0.1) is 0 Å². The number of rotatable bonds is 4. The van der Waals surface area contributed by atoms with E-state index < -0.39 is 0 Å². The van der Waals surface area contributed by atoms with Crippen LogP contribution in [0.15, 0.2) is 55.4 Å². The van der Waals surface area contributed by atoms with Crippen LogP contribution in [0.25, 0.3) is 0 Å². The zero-order chi connectivity index (χ0) is 10.5. The Hall–Kier alpha value is -1.83. The summed E-state index contributed by atoms with van der Waals surface area (Å²) < 4.78 is 1.92. The first-order chi connectivity index (χ1) is 7.38. The van der Waals surface area contributed by atoms with Crippen LogP contribution in [0.3, 0.4) is 0 Å². The van der Waals surface area contributed by atoms with Crippen LogP contribution in [-0.4, -0.2) is 9.78 Å². The van der Waals surface area contributed by atoms with Gasteiger partial charge >= 0.3 is 0 Å². The standard InChI is InChI=1S/C13H14N2/c1-2-5-12-6-3-7-13(10-12)11-15-9-4-8-14-15/h2-4,6-10H,1,5,11H2. The average Bonchev–Trinajstić information content (AvgIpc) is 2.71. The second-order valence-electron chi connectivity index (χ2n) is 3.52. The van der Waals surface area contributed by atoms with Crippen LogP contribution in [0.4, 0.5) is 0 Å². The summed E-state index contributed by atoms with van der Waals surface area (Å²) in [4.78, 5) is 0. The molecule has 2 aromatic rings. The summed E-state index contributed by atoms with van der Waals surface area (Å²) in [5.41, 5.74) is 2.58. The molecule has 0 N–H and O–H groups in total. The fourth-order valence-electron chi connectivity index (χ4n) is 1.60. The molecule has 0 saturated carbocycles. The zero-order valence-corrected chi connectivity index (χ0v) is 8.63. The molecule has 0 aliphatic rings. The maximum absolute atomic E-state index is 4.18. The molecule has 0 atom stereocenters. The molecule has 0 aliphatic carbocycles. The molecule has 76 valence electrons. The van der Waals surface area contributed by atoms with Crippen molar-refractivity contribution in [3.63, 3.8) is 0 Å². The minimum absolute atomic E-state index is 0.831. The van der Waals surface area contributed by atoms with Crippen molar-refractivity contribution in [1.82, 2.24) is 9.78 Å². The molecule has 1 heterocycles. The smallest absolute Gasteiger partial charge is 0.0659 e. The van der Waals surface area contributed by atoms with Gasteiger partial charge in [-0.25, -0.2) is 0 Å². The highest BCUT2D eigenvalue weighted by atomic mass is 15.3. The quantitative estimate of drug-likeness (QED) is 0.691. The van der Waals surface area contributed by atoms with Gasteiger partial charge in [-0.15, -0.1) is 6.58 Å². The van der Waals surface area contributed by atoms with Crippen molar-refractivity contribution < 1.29 is 0 Å². The molecule has 0 fully saturated rings. The first-order valence-corrected chi connectivity index (χ1v) is 5.04. The van der Waals surface area contributed by atoms with Crippen LogP contribution in [-0.2, 0) is 13.0 Å². The highest BCUT2D eigenvalue weighted by Crippen LogP contribution is 2.07. The number of hydrogen-bond acceptors (Lipinski definition) is 1. The zero-order valence-electron chi connectivity index (χ0n) is 8.63. The molecule has 0 aliphatic heterocycles. The minimum Gasteiger partial charge on any atom is -0.268 e. The molecule has 0 unspecified atom stereocenters. The van der Waals surface area contributed by atoms with Crippen molar-refractivity contribution in [3.05, 3.63) is 66.5 Å². The topological polar surface area (TPSA) is 17.8 Å². The summed E-state index contributed by atoms with van der Waals surface area (Å²) in [6.07, 6.45) is 6.62. The van der Waals surface area contributed by atoms with Crippen LogP contribution in [0.2, 0.25) is 0 Å². The molecule has 2 rings (SSSR count). The number of nitrogens with zero attached hydrogens (tertiary/aromatic N) is 2. The summed E-state index contributed by atoms with van der Waals surface area (Å²) in [7, 11) is 0. The van der Waals surface area contributed by atoms with Gasteiger partial charge in [0.1, 0.15) is 0 Å². The average molecular weight is 198 g/mol. The van der Waals surface area contributed by atoms with Crippen LogP contribution < -0.4 is 0 Å². The number of allylic oxidation sites excluding steroid dienone is 1. The molecule has 2 heteroatoms. The van der Waals surface area contributed by atoms with Crippen molar-refractivity contribution in [2.75, 3.05) is 0 Å². The van der Waals surface area contributed by atoms with Gasteiger partial charge in [0, 0.05) is 12.4 Å². The first kappa shape index (κ1) is 9.71. The van der Waals surface area contributed by atoms with Gasteiger partial charge in [-0.3, -0.25) is 4.68 Å². The Morgan fingerprint density at radius 2 is 2.13 bits per heavy atom. The lowest BCUT2D eigenvalue weighted by Gasteiger charge is -2.03. The predicted octanol–water partition coefficient (Wildman–Crippen LogP) is 2.66. The molecule has 0 radical (unpaired) electrons. The van der Waals surface area contributed by atoms with E-state index in [0.717, 1.165) is 13.0 Å². The first-order valence-electron chi connectivity index (χ1n) is 5.04. The van der Waals surface area contributed by atoms with Crippen molar-refractivity contribution >= 4 is 0 Å². The van der Waals surface area contributed by atoms with Crippen molar-refractivity contribution in [2.24, 2.45) is 0 Å². The Bertz CT molecular complexity index is 430. The Morgan fingerprint density at radius 1 is 1.27 bits per heavy atom. The normalized spacial score (nSPS) is 10.1. The van der Waals surface area contributed by atoms with E-state index in [1.54, 1.807) is 6.20 Å². The van der Waals surface area contributed by atoms with Crippen molar-refractivity contribution in [3.8, 4) is 0 Å². The SMILES string of the molecule is C=CCc1cccc(Cn2cccn2)c1. The maximum atomic E-state index is 4.18. The molecule has 1 aromatic heterocycles. The summed E-state index contributed by atoms with van der Waals surface area (Å²) in [6.45, 7) is 4.58. The lowest BCUT2D eigenvalue weighted by atomic mass is 10.1. The lowest BCUT2D eigenvalue weighted by molar-refractivity contribution is 0.686. The van der Waals surface area contributed by atoms with Gasteiger partial charge in [0.2, 0.25) is 0 Å². The van der Waals surface area contributed by atoms with Gasteiger partial charge in [-0.05, 0) is 23.6 Å². The third kappa shape index (κ3) is 2.56. The fraction of sp³-hybridized carbons (Fsp3) is 0.154. The van der Waals surface area contributed by atoms with Gasteiger partial charge in [0.05, 0.1) is 6.54 Å². The fourth-order valence-corrected chi connectivity index (χ4v) is 1.60. The molecule has 15 heavy (non-hydrogen) atoms. The molecular formula is C13H14N2. The second-order valence-corrected chi connectivity index (χ2v) is 3.52. The Balaban J connectivity index is 2.14. The number of hydrogen-bond donors (Lipinski definition) is 0. The van der Waals surface area contributed by atoms with E-state index in [-0.39, 0.29) is 0 Å². The molecular weight excluding hydrogens is 184 g/mol. The lowest BCUT2D eigenvalue weighted by Crippen LogP contribution is -2.00. The van der Waals surface area contributed by atoms with Gasteiger partial charge in [-0.2, -0.15) is 5.10 Å². The predicted molar refractivity (Wildman–Crippen MR) is 61.7 cm³/mol. The van der Waals surface area contributed by atoms with E-state index >= 15 is 0 Å². The summed E-state index contributed by atoms with van der Waals surface area (Å²) in [5.74, 6) is 0. The monoisotopic (exact) mass is 198 g/mol. The Kier molecular flexibility index (Phi) is 2.98. The minimum atomic E-state index is 0.831. The molecule has 2 nitrogen and oxygen atoms in total. The van der Waals surface area contributed by atoms with Crippen molar-refractivity contribution in [1.29, 1.82) is 0 Å². The molecule has 0 spiro atoms. The largest absolute Gasteiger partial charge is 0.268 e. The Morgan fingerprint density at radius 3 is 2.87 bits per heavy atom. The van der Waals surface area contributed by atoms with E-state index in [2.05, 4.69) is 35.9 Å². The van der Waals surface area contributed by atoms with Crippen molar-refractivity contribution in [2.45, 2.75) is 13.0 Å². The highest BCUT2D eigenvalue weighted by Gasteiger charge is 1.96. The Labute approximate surface area is 89.9 Å². The number of aromatic nitrogens is 2. The van der Waals surface area contributed by atoms with Crippen LogP contribution in [0.5, 0.6) is 0 Å². The van der Waals surface area contributed by atoms with E-state index in [9.17, 15) is 0 Å². The summed E-state index contributed by atoms with van der Waals surface area (Å²) in [5, 5.41) is 4.18. The third-order valence-corrected chi connectivity index (χ3v) is 2.28. The summed E-state index contributed by atoms with van der Waals surface area (Å²) in [6, 6.07) is 10.5. The number of benzene rings is 1. The van der Waals surface area contributed by atoms with Crippen LogP contribution >= 0.6 is 0 Å². The van der Waals surface area contributed by atoms with Gasteiger partial charge < -0.3 is 0 Å². The molecule has 0 saturated heterocycles. The summed E-state index contributed by atoms with van der Waals surface area (Å²) >= 11 is 0. The van der Waals surface area contributed by atoms with Gasteiger partial charge in [0.25, 0.3) is 0 Å². The van der Waals surface area contributed by atoms with Gasteiger partial charge in [0.15, 0.2) is 0 Å². The van der Waals surface area contributed by atoms with Gasteiger partial charge in [-0.1, -0.05) is 30.3 Å². The third-order valence-electron chi connectivity index (χ3n) is 2.28. The molecule has 1 aromatic carbocycles. The molecule has 0 bridgehead atoms. The van der Waals surface area contributed by atoms with E-state index in [0.29, 0.717) is 0 Å². The van der Waals surface area contributed by atoms with Crippen LogP contribution in [0.1, 0.15) is 11.1 Å². The van der Waals surface area contributed by atoms with E-state index in [1.165, 1.54) is 11.1 Å².